The van der Waals surface area contributed by atoms with Crippen LogP contribution in [0.5, 0.6) is 0 Å². The van der Waals surface area contributed by atoms with E-state index in [1.807, 2.05) is 6.92 Å². The van der Waals surface area contributed by atoms with Gasteiger partial charge in [-0.3, -0.25) is 0 Å². The van der Waals surface area contributed by atoms with Gasteiger partial charge in [0.1, 0.15) is 6.20 Å². The van der Waals surface area contributed by atoms with Crippen LogP contribution in [0.25, 0.3) is 4.96 Å². The molecule has 0 radical (unpaired) electrons. The van der Waals surface area contributed by atoms with Crippen LogP contribution < -0.4 is 10.0 Å². The van der Waals surface area contributed by atoms with Crippen LogP contribution in [0.2, 0.25) is 0 Å². The van der Waals surface area contributed by atoms with E-state index in [2.05, 4.69) is 15.0 Å². The summed E-state index contributed by atoms with van der Waals surface area (Å²) >= 11 is 2.70. The maximum Gasteiger partial charge on any atom is 0.372 e. The second kappa shape index (κ2) is 6.71. The molecule has 25 heavy (non-hydrogen) atoms. The van der Waals surface area contributed by atoms with E-state index in [0.29, 0.717) is 4.96 Å². The lowest BCUT2D eigenvalue weighted by Gasteiger charge is -2.07. The Bertz CT molecular complexity index is 1030. The number of sulfonamides is 1. The summed E-state index contributed by atoms with van der Waals surface area (Å²) in [5, 5.41) is 15.7. The van der Waals surface area contributed by atoms with Crippen LogP contribution in [0.3, 0.4) is 0 Å². The molecule has 3 heterocycles. The first-order chi connectivity index (χ1) is 11.8. The van der Waals surface area contributed by atoms with E-state index in [9.17, 15) is 18.5 Å². The second-order valence-corrected chi connectivity index (χ2v) is 9.27. The fraction of sp³-hybridized carbons (Fsp3) is 0.308. The molecule has 0 amide bonds. The molecule has 0 saturated carbocycles. The van der Waals surface area contributed by atoms with Gasteiger partial charge in [-0.05, 0) is 24.8 Å². The molecule has 12 heteroatoms. The zero-order valence-electron chi connectivity index (χ0n) is 13.3. The number of nitrogens with one attached hydrogen (secondary N) is 2. The van der Waals surface area contributed by atoms with Gasteiger partial charge in [-0.1, -0.05) is 11.3 Å². The molecule has 0 aliphatic heterocycles. The van der Waals surface area contributed by atoms with Crippen molar-refractivity contribution in [3.8, 4) is 0 Å². The zero-order chi connectivity index (χ0) is 18.2. The third-order valence-corrected chi connectivity index (χ3v) is 6.84. The number of thiophene rings is 1. The van der Waals surface area contributed by atoms with Crippen LogP contribution in [0.4, 0.5) is 11.6 Å². The number of anilines is 1. The van der Waals surface area contributed by atoms with Crippen molar-refractivity contribution in [3.05, 3.63) is 37.5 Å². The Hall–Kier alpha value is -2.02. The molecule has 0 aliphatic carbocycles. The number of hydrogen-bond donors (Lipinski definition) is 2. The quantitative estimate of drug-likeness (QED) is 0.356. The van der Waals surface area contributed by atoms with Crippen molar-refractivity contribution < 1.29 is 13.3 Å². The zero-order valence-corrected chi connectivity index (χ0v) is 15.8. The minimum absolute atomic E-state index is 0.0823. The highest BCUT2D eigenvalue weighted by Gasteiger charge is 2.23. The molecule has 0 unspecified atom stereocenters. The van der Waals surface area contributed by atoms with Crippen LogP contribution in [0.1, 0.15) is 9.75 Å². The molecule has 2 N–H and O–H groups in total. The number of aryl methyl sites for hydroxylation is 2. The molecule has 0 fully saturated rings. The van der Waals surface area contributed by atoms with Crippen molar-refractivity contribution in [2.75, 3.05) is 18.4 Å². The minimum atomic E-state index is -3.60. The number of fused-ring (bicyclic) bond motifs is 1. The molecule has 3 rings (SSSR count). The molecule has 0 aromatic carbocycles. The predicted octanol–water partition coefficient (Wildman–Crippen LogP) is 2.37. The second-order valence-electron chi connectivity index (χ2n) is 5.20. The topological polar surface area (TPSA) is 119 Å². The van der Waals surface area contributed by atoms with Crippen LogP contribution in [0, 0.1) is 24.0 Å². The summed E-state index contributed by atoms with van der Waals surface area (Å²) in [6.07, 6.45) is 1.57. The van der Waals surface area contributed by atoms with Crippen molar-refractivity contribution in [3.63, 3.8) is 0 Å². The summed E-state index contributed by atoms with van der Waals surface area (Å²) in [5.41, 5.74) is 0. The van der Waals surface area contributed by atoms with E-state index in [1.54, 1.807) is 24.6 Å². The Morgan fingerprint density at radius 1 is 1.36 bits per heavy atom. The molecule has 3 aromatic rings. The molecule has 0 bridgehead atoms. The van der Waals surface area contributed by atoms with Crippen molar-refractivity contribution in [2.45, 2.75) is 18.7 Å². The van der Waals surface area contributed by atoms with Gasteiger partial charge >= 0.3 is 5.82 Å². The van der Waals surface area contributed by atoms with Crippen LogP contribution in [-0.4, -0.2) is 35.8 Å². The Labute approximate surface area is 151 Å². The predicted molar refractivity (Wildman–Crippen MR) is 97.2 cm³/mol. The molecule has 0 atom stereocenters. The highest BCUT2D eigenvalue weighted by atomic mass is 32.2. The Morgan fingerprint density at radius 3 is 2.76 bits per heavy atom. The number of rotatable bonds is 7. The van der Waals surface area contributed by atoms with E-state index in [1.165, 1.54) is 27.1 Å². The maximum absolute atomic E-state index is 12.3. The largest absolute Gasteiger partial charge is 0.372 e. The summed E-state index contributed by atoms with van der Waals surface area (Å²) in [6.45, 7) is 3.86. The third-order valence-electron chi connectivity index (χ3n) is 3.40. The molecule has 9 nitrogen and oxygen atoms in total. The molecule has 3 aromatic heterocycles. The summed E-state index contributed by atoms with van der Waals surface area (Å²) in [6, 6.07) is 1.63. The number of imidazole rings is 1. The van der Waals surface area contributed by atoms with Crippen LogP contribution in [0.15, 0.2) is 22.5 Å². The van der Waals surface area contributed by atoms with Gasteiger partial charge in [0.15, 0.2) is 0 Å². The molecule has 0 spiro atoms. The van der Waals surface area contributed by atoms with Crippen molar-refractivity contribution in [1.29, 1.82) is 0 Å². The number of nitrogens with zero attached hydrogens (tertiary/aromatic N) is 3. The van der Waals surface area contributed by atoms with E-state index >= 15 is 0 Å². The third kappa shape index (κ3) is 3.51. The van der Waals surface area contributed by atoms with Gasteiger partial charge < -0.3 is 15.4 Å². The van der Waals surface area contributed by atoms with Crippen LogP contribution in [-0.2, 0) is 10.0 Å². The number of hydrogen-bond acceptors (Lipinski definition) is 8. The molecule has 0 aliphatic rings. The first-order valence-corrected chi connectivity index (χ1v) is 10.4. The molecule has 134 valence electrons. The van der Waals surface area contributed by atoms with Gasteiger partial charge in [-0.2, -0.15) is 9.38 Å². The molecule has 0 saturated heterocycles. The lowest BCUT2D eigenvalue weighted by molar-refractivity contribution is -0.389. The number of thiazole rings is 1. The lowest BCUT2D eigenvalue weighted by atomic mass is 10.4. The Kier molecular flexibility index (Phi) is 4.77. The highest BCUT2D eigenvalue weighted by molar-refractivity contribution is 7.89. The first kappa shape index (κ1) is 17.8. The van der Waals surface area contributed by atoms with Gasteiger partial charge in [0, 0.05) is 28.2 Å². The van der Waals surface area contributed by atoms with Gasteiger partial charge in [0.25, 0.3) is 4.96 Å². The van der Waals surface area contributed by atoms with E-state index in [-0.39, 0.29) is 29.6 Å². The fourth-order valence-corrected chi connectivity index (χ4v) is 5.68. The van der Waals surface area contributed by atoms with Crippen LogP contribution >= 0.6 is 22.7 Å². The van der Waals surface area contributed by atoms with Gasteiger partial charge in [0.2, 0.25) is 15.8 Å². The van der Waals surface area contributed by atoms with Crippen molar-refractivity contribution in [1.82, 2.24) is 14.1 Å². The smallest absolute Gasteiger partial charge is 0.362 e. The fourth-order valence-electron chi connectivity index (χ4n) is 2.39. The van der Waals surface area contributed by atoms with Gasteiger partial charge in [-0.25, -0.2) is 13.1 Å². The highest BCUT2D eigenvalue weighted by Crippen LogP contribution is 2.28. The molecular formula is C13H15N5O4S3. The Balaban J connectivity index is 1.66. The average Bonchev–Trinajstić information content (AvgIpc) is 3.17. The van der Waals surface area contributed by atoms with Gasteiger partial charge in [-0.15, -0.1) is 11.3 Å². The standard InChI is InChI=1S/C13H15N5O4S3/c1-8-7-10(9(2)24-8)25(21,22)15-4-3-14-11-12(18(19)20)17-5-6-23-13(17)16-11/h5-7,14-15H,3-4H2,1-2H3. The van der Waals surface area contributed by atoms with Crippen molar-refractivity contribution in [2.24, 2.45) is 0 Å². The monoisotopic (exact) mass is 401 g/mol. The van der Waals surface area contributed by atoms with E-state index in [0.717, 1.165) is 9.75 Å². The van der Waals surface area contributed by atoms with Gasteiger partial charge in [0.05, 0.1) is 4.90 Å². The number of aromatic nitrogens is 2. The number of nitro groups is 1. The summed E-state index contributed by atoms with van der Waals surface area (Å²) < 4.78 is 28.5. The Morgan fingerprint density at radius 2 is 2.12 bits per heavy atom. The SMILES string of the molecule is Cc1cc(S(=O)(=O)NCCNc2nc3sccn3c2[N+](=O)[O-])c(C)s1. The summed E-state index contributed by atoms with van der Waals surface area (Å²) in [4.78, 5) is 17.3. The van der Waals surface area contributed by atoms with E-state index in [4.69, 9.17) is 0 Å². The first-order valence-electron chi connectivity index (χ1n) is 7.20. The summed E-state index contributed by atoms with van der Waals surface area (Å²) in [7, 11) is -3.60. The lowest BCUT2D eigenvalue weighted by Crippen LogP contribution is -2.29. The maximum atomic E-state index is 12.3. The average molecular weight is 401 g/mol. The minimum Gasteiger partial charge on any atom is -0.362 e. The molecular weight excluding hydrogens is 386 g/mol. The van der Waals surface area contributed by atoms with E-state index < -0.39 is 14.9 Å². The normalized spacial score (nSPS) is 11.9. The van der Waals surface area contributed by atoms with Crippen molar-refractivity contribution >= 4 is 49.3 Å². The summed E-state index contributed by atoms with van der Waals surface area (Å²) in [5.74, 6) is -0.0398.